The second-order valence-corrected chi connectivity index (χ2v) is 20.4. The van der Waals surface area contributed by atoms with Crippen molar-refractivity contribution in [3.63, 3.8) is 0 Å². The lowest BCUT2D eigenvalue weighted by Crippen LogP contribution is -2.45. The Morgan fingerprint density at radius 3 is 1.70 bits per heavy atom. The summed E-state index contributed by atoms with van der Waals surface area (Å²) in [6.45, 7) is 24.1. The number of alkyl halides is 1. The fourth-order valence-corrected chi connectivity index (χ4v) is 4.75. The van der Waals surface area contributed by atoms with Gasteiger partial charge in [-0.1, -0.05) is 64.1 Å². The summed E-state index contributed by atoms with van der Waals surface area (Å²) in [7, 11) is -3.34. The summed E-state index contributed by atoms with van der Waals surface area (Å²) >= 11 is 2.47. The van der Waals surface area contributed by atoms with Crippen LogP contribution in [0, 0.1) is 0 Å². The Morgan fingerprint density at radius 1 is 0.826 bits per heavy atom. The Morgan fingerprint density at radius 2 is 1.30 bits per heavy atom. The number of hydrogen-bond acceptors (Lipinski definition) is 2. The minimum absolute atomic E-state index is 0.274. The molecule has 0 rings (SSSR count). The summed E-state index contributed by atoms with van der Waals surface area (Å²) in [5.74, 6) is 0. The van der Waals surface area contributed by atoms with Crippen molar-refractivity contribution in [2.45, 2.75) is 103 Å². The van der Waals surface area contributed by atoms with Crippen molar-refractivity contribution in [2.24, 2.45) is 0 Å². The predicted molar refractivity (Wildman–Crippen MR) is 118 cm³/mol. The van der Waals surface area contributed by atoms with Crippen LogP contribution >= 0.6 is 22.6 Å². The average Bonchev–Trinajstić information content (AvgIpc) is 2.32. The molecule has 5 heteroatoms. The van der Waals surface area contributed by atoms with E-state index in [0.29, 0.717) is 6.10 Å². The smallest absolute Gasteiger partial charge is 0.192 e. The molecule has 0 saturated heterocycles. The molecular weight excluding hydrogens is 431 g/mol. The van der Waals surface area contributed by atoms with Crippen LogP contribution in [0.3, 0.4) is 0 Å². The van der Waals surface area contributed by atoms with E-state index in [1.54, 1.807) is 0 Å². The monoisotopic (exact) mass is 472 g/mol. The summed E-state index contributed by atoms with van der Waals surface area (Å²) in [6.07, 6.45) is 3.79. The van der Waals surface area contributed by atoms with E-state index in [1.807, 2.05) is 0 Å². The highest BCUT2D eigenvalue weighted by atomic mass is 127. The van der Waals surface area contributed by atoms with Crippen molar-refractivity contribution in [2.75, 3.05) is 11.0 Å². The zero-order valence-corrected chi connectivity index (χ0v) is 21.5. The van der Waals surface area contributed by atoms with Crippen molar-refractivity contribution in [3.8, 4) is 0 Å². The van der Waals surface area contributed by atoms with Crippen LogP contribution in [0.5, 0.6) is 0 Å². The molecule has 0 spiro atoms. The third-order valence-electron chi connectivity index (χ3n) is 5.64. The highest BCUT2D eigenvalue weighted by Gasteiger charge is 2.40. The van der Waals surface area contributed by atoms with Gasteiger partial charge >= 0.3 is 0 Å². The first-order valence-electron chi connectivity index (χ1n) is 9.02. The maximum absolute atomic E-state index is 6.68. The lowest BCUT2D eigenvalue weighted by molar-refractivity contribution is 0.133. The van der Waals surface area contributed by atoms with Crippen molar-refractivity contribution >= 4 is 39.2 Å². The van der Waals surface area contributed by atoms with Gasteiger partial charge in [-0.05, 0) is 60.0 Å². The molecule has 0 aliphatic rings. The van der Waals surface area contributed by atoms with Gasteiger partial charge in [0.25, 0.3) is 0 Å². The molecule has 0 radical (unpaired) electrons. The quantitative estimate of drug-likeness (QED) is 0.204. The lowest BCUT2D eigenvalue weighted by atomic mass is 10.1. The van der Waals surface area contributed by atoms with Gasteiger partial charge in [0.05, 0.1) is 0 Å². The van der Waals surface area contributed by atoms with Crippen LogP contribution in [-0.2, 0) is 8.85 Å². The largest absolute Gasteiger partial charge is 0.417 e. The summed E-state index contributed by atoms with van der Waals surface area (Å²) in [5, 5.41) is 0.556. The first-order chi connectivity index (χ1) is 10.1. The third kappa shape index (κ3) is 8.34. The van der Waals surface area contributed by atoms with Crippen LogP contribution in [0.15, 0.2) is 0 Å². The van der Waals surface area contributed by atoms with Gasteiger partial charge < -0.3 is 8.85 Å². The van der Waals surface area contributed by atoms with Gasteiger partial charge in [-0.3, -0.25) is 0 Å². The Labute approximate surface area is 161 Å². The molecular formula is C18H41IO2Si2. The second kappa shape index (κ2) is 9.15. The highest BCUT2D eigenvalue weighted by molar-refractivity contribution is 14.1. The normalized spacial score (nSPS) is 15.8. The van der Waals surface area contributed by atoms with Gasteiger partial charge in [-0.25, -0.2) is 0 Å². The molecule has 0 aliphatic carbocycles. The predicted octanol–water partition coefficient (Wildman–Crippen LogP) is 7.00. The summed E-state index contributed by atoms with van der Waals surface area (Å²) < 4.78 is 14.3. The minimum atomic E-state index is -1.70. The summed E-state index contributed by atoms with van der Waals surface area (Å²) in [5.41, 5.74) is 0. The molecule has 1 atom stereocenters. The fraction of sp³-hybridized carbons (Fsp3) is 1.00. The Kier molecular flexibility index (Phi) is 9.58. The molecule has 0 fully saturated rings. The van der Waals surface area contributed by atoms with Gasteiger partial charge in [0.1, 0.15) is 0 Å². The molecule has 0 bridgehead atoms. The molecule has 2 nitrogen and oxygen atoms in total. The highest BCUT2D eigenvalue weighted by Crippen LogP contribution is 2.39. The van der Waals surface area contributed by atoms with Crippen LogP contribution < -0.4 is 0 Å². The van der Waals surface area contributed by atoms with Crippen LogP contribution in [0.25, 0.3) is 0 Å². The molecule has 140 valence electrons. The molecule has 0 amide bonds. The van der Waals surface area contributed by atoms with E-state index in [-0.39, 0.29) is 10.1 Å². The Bertz CT molecular complexity index is 344. The number of hydrogen-bond donors (Lipinski definition) is 0. The first-order valence-corrected chi connectivity index (χ1v) is 16.4. The van der Waals surface area contributed by atoms with Crippen molar-refractivity contribution < 1.29 is 8.85 Å². The molecule has 0 unspecified atom stereocenters. The van der Waals surface area contributed by atoms with E-state index < -0.39 is 16.6 Å². The van der Waals surface area contributed by atoms with Crippen molar-refractivity contribution in [1.29, 1.82) is 0 Å². The van der Waals surface area contributed by atoms with Gasteiger partial charge in [0, 0.05) is 12.7 Å². The maximum Gasteiger partial charge on any atom is 0.192 e. The maximum atomic E-state index is 6.68. The average molecular weight is 473 g/mol. The number of halogens is 1. The van der Waals surface area contributed by atoms with Crippen LogP contribution in [0.2, 0.25) is 36.3 Å². The molecule has 0 aliphatic heterocycles. The van der Waals surface area contributed by atoms with E-state index in [4.69, 9.17) is 8.85 Å². The van der Waals surface area contributed by atoms with E-state index in [0.717, 1.165) is 19.4 Å². The SMILES string of the molecule is CC(C)(C)[Si](C)(C)OCC[C@H](CCCI)O[Si](C)(C)C(C)(C)C. The minimum Gasteiger partial charge on any atom is -0.417 e. The van der Waals surface area contributed by atoms with Crippen LogP contribution in [-0.4, -0.2) is 33.8 Å². The molecule has 23 heavy (non-hydrogen) atoms. The lowest BCUT2D eigenvalue weighted by Gasteiger charge is -2.40. The zero-order valence-electron chi connectivity index (χ0n) is 17.3. The van der Waals surface area contributed by atoms with E-state index in [9.17, 15) is 0 Å². The van der Waals surface area contributed by atoms with E-state index >= 15 is 0 Å². The van der Waals surface area contributed by atoms with Gasteiger partial charge in [0.2, 0.25) is 0 Å². The Balaban J connectivity index is 4.70. The molecule has 0 aromatic carbocycles. The van der Waals surface area contributed by atoms with E-state index in [1.165, 1.54) is 10.8 Å². The fourth-order valence-electron chi connectivity index (χ4n) is 1.82. The number of rotatable bonds is 9. The molecule has 0 saturated carbocycles. The second-order valence-electron chi connectivity index (χ2n) is 9.73. The van der Waals surface area contributed by atoms with Crippen molar-refractivity contribution in [3.05, 3.63) is 0 Å². The van der Waals surface area contributed by atoms with Crippen LogP contribution in [0.4, 0.5) is 0 Å². The van der Waals surface area contributed by atoms with Crippen LogP contribution in [0.1, 0.15) is 60.8 Å². The van der Waals surface area contributed by atoms with E-state index in [2.05, 4.69) is 90.3 Å². The summed E-state index contributed by atoms with van der Waals surface area (Å²) in [6, 6.07) is 0. The molecule has 0 N–H and O–H groups in total. The molecule has 0 aromatic heterocycles. The van der Waals surface area contributed by atoms with Crippen molar-refractivity contribution in [1.82, 2.24) is 0 Å². The Hall–Kier alpha value is 1.08. The summed E-state index contributed by atoms with van der Waals surface area (Å²) in [4.78, 5) is 0. The van der Waals surface area contributed by atoms with Gasteiger partial charge in [0.15, 0.2) is 16.6 Å². The van der Waals surface area contributed by atoms with Gasteiger partial charge in [-0.2, -0.15) is 0 Å². The zero-order chi connectivity index (χ0) is 18.5. The first kappa shape index (κ1) is 24.1. The molecule has 0 heterocycles. The third-order valence-corrected chi connectivity index (χ3v) is 15.5. The molecule has 0 aromatic rings. The standard InChI is InChI=1S/C18H41IO2Si2/c1-17(2,3)22(7,8)20-15-13-16(12-11-14-19)21-23(9,10)18(4,5)6/h16H,11-15H2,1-10H3/t16-/m0/s1. The topological polar surface area (TPSA) is 18.5 Å². The van der Waals surface area contributed by atoms with Gasteiger partial charge in [-0.15, -0.1) is 0 Å².